The summed E-state index contributed by atoms with van der Waals surface area (Å²) in [7, 11) is 4.08. The van der Waals surface area contributed by atoms with Gasteiger partial charge >= 0.3 is 0 Å². The molecule has 170 valence electrons. The maximum Gasteiger partial charge on any atom is 0.0701 e. The number of rotatable bonds is 24. The molecule has 5 nitrogen and oxygen atoms in total. The molecule has 0 atom stereocenters. The zero-order valence-electron chi connectivity index (χ0n) is 19.2. The van der Waals surface area contributed by atoms with Gasteiger partial charge in [0.1, 0.15) is 0 Å². The van der Waals surface area contributed by atoms with Crippen molar-refractivity contribution in [2.75, 3.05) is 73.5 Å². The molecule has 0 aliphatic carbocycles. The molecule has 0 unspecified atom stereocenters. The van der Waals surface area contributed by atoms with Crippen LogP contribution in [0.5, 0.6) is 0 Å². The Morgan fingerprint density at radius 1 is 0.429 bits per heavy atom. The Kier molecular flexibility index (Phi) is 24.7. The Morgan fingerprint density at radius 2 is 0.786 bits per heavy atom. The fourth-order valence-electron chi connectivity index (χ4n) is 2.88. The molecule has 0 fully saturated rings. The summed E-state index contributed by atoms with van der Waals surface area (Å²) in [4.78, 5) is 2.11. The molecule has 0 aromatic heterocycles. The molecule has 0 saturated heterocycles. The lowest BCUT2D eigenvalue weighted by atomic mass is 10.1. The molecule has 0 saturated carbocycles. The SMILES string of the molecule is CCCCCCCCCCCCCOCCOCCOCCOCCN(C)C. The standard InChI is InChI=1S/C23H49NO4/c1-4-5-6-7-8-9-10-11-12-13-14-16-25-18-20-27-22-23-28-21-19-26-17-15-24(2)3/h4-23H2,1-3H3. The van der Waals surface area contributed by atoms with Gasteiger partial charge in [-0.3, -0.25) is 0 Å². The lowest BCUT2D eigenvalue weighted by Crippen LogP contribution is -2.19. The maximum absolute atomic E-state index is 5.62. The van der Waals surface area contributed by atoms with E-state index in [1.165, 1.54) is 70.6 Å². The highest BCUT2D eigenvalue weighted by atomic mass is 16.6. The molecule has 0 amide bonds. The van der Waals surface area contributed by atoms with E-state index in [0.717, 1.165) is 19.8 Å². The highest BCUT2D eigenvalue weighted by Crippen LogP contribution is 2.11. The molecule has 0 aliphatic heterocycles. The minimum Gasteiger partial charge on any atom is -0.379 e. The average Bonchev–Trinajstić information content (AvgIpc) is 2.68. The lowest BCUT2D eigenvalue weighted by Gasteiger charge is -2.10. The Labute approximate surface area is 175 Å². The third kappa shape index (κ3) is 25.8. The Hall–Kier alpha value is -0.200. The van der Waals surface area contributed by atoms with Crippen LogP contribution >= 0.6 is 0 Å². The van der Waals surface area contributed by atoms with Crippen LogP contribution < -0.4 is 0 Å². The topological polar surface area (TPSA) is 40.2 Å². The first-order valence-electron chi connectivity index (χ1n) is 11.7. The van der Waals surface area contributed by atoms with Gasteiger partial charge in [0.2, 0.25) is 0 Å². The largest absolute Gasteiger partial charge is 0.379 e. The molecule has 5 heteroatoms. The van der Waals surface area contributed by atoms with Crippen molar-refractivity contribution in [3.8, 4) is 0 Å². The van der Waals surface area contributed by atoms with E-state index in [-0.39, 0.29) is 0 Å². The average molecular weight is 404 g/mol. The second-order valence-corrected chi connectivity index (χ2v) is 7.79. The first kappa shape index (κ1) is 27.8. The van der Waals surface area contributed by atoms with Crippen molar-refractivity contribution in [2.24, 2.45) is 0 Å². The van der Waals surface area contributed by atoms with Crippen LogP contribution in [0.3, 0.4) is 0 Å². The van der Waals surface area contributed by atoms with Crippen molar-refractivity contribution < 1.29 is 18.9 Å². The number of nitrogens with zero attached hydrogens (tertiary/aromatic N) is 1. The van der Waals surface area contributed by atoms with Crippen molar-refractivity contribution in [3.05, 3.63) is 0 Å². The minimum atomic E-state index is 0.621. The van der Waals surface area contributed by atoms with Crippen LogP contribution in [0, 0.1) is 0 Å². The summed E-state index contributed by atoms with van der Waals surface area (Å²) >= 11 is 0. The van der Waals surface area contributed by atoms with Gasteiger partial charge in [0, 0.05) is 13.2 Å². The molecule has 0 rings (SSSR count). The van der Waals surface area contributed by atoms with Crippen molar-refractivity contribution in [1.82, 2.24) is 4.90 Å². The van der Waals surface area contributed by atoms with E-state index in [0.29, 0.717) is 39.6 Å². The summed E-state index contributed by atoms with van der Waals surface area (Å²) in [6, 6.07) is 0. The Morgan fingerprint density at radius 3 is 1.21 bits per heavy atom. The molecule has 28 heavy (non-hydrogen) atoms. The van der Waals surface area contributed by atoms with Crippen molar-refractivity contribution >= 4 is 0 Å². The molecule has 0 aromatic rings. The predicted molar refractivity (Wildman–Crippen MR) is 118 cm³/mol. The van der Waals surface area contributed by atoms with E-state index in [9.17, 15) is 0 Å². The van der Waals surface area contributed by atoms with E-state index >= 15 is 0 Å². The van der Waals surface area contributed by atoms with Gasteiger partial charge < -0.3 is 23.8 Å². The zero-order valence-corrected chi connectivity index (χ0v) is 19.2. The summed E-state index contributed by atoms with van der Waals surface area (Å²) in [5.41, 5.74) is 0. The van der Waals surface area contributed by atoms with Gasteiger partial charge in [0.25, 0.3) is 0 Å². The molecule has 0 heterocycles. The van der Waals surface area contributed by atoms with Gasteiger partial charge in [-0.15, -0.1) is 0 Å². The molecular formula is C23H49NO4. The monoisotopic (exact) mass is 403 g/mol. The maximum atomic E-state index is 5.62. The van der Waals surface area contributed by atoms with E-state index in [1.54, 1.807) is 0 Å². The second kappa shape index (κ2) is 24.8. The molecule has 0 radical (unpaired) electrons. The summed E-state index contributed by atoms with van der Waals surface area (Å²) in [6.07, 6.45) is 15.1. The first-order chi connectivity index (χ1) is 13.8. The normalized spacial score (nSPS) is 11.6. The fraction of sp³-hybridized carbons (Fsp3) is 1.00. The van der Waals surface area contributed by atoms with Crippen LogP contribution in [0.4, 0.5) is 0 Å². The highest BCUT2D eigenvalue weighted by molar-refractivity contribution is 4.48. The quantitative estimate of drug-likeness (QED) is 0.214. The van der Waals surface area contributed by atoms with E-state index in [1.807, 2.05) is 14.1 Å². The van der Waals surface area contributed by atoms with Crippen LogP contribution in [0.2, 0.25) is 0 Å². The van der Waals surface area contributed by atoms with E-state index < -0.39 is 0 Å². The third-order valence-corrected chi connectivity index (χ3v) is 4.69. The predicted octanol–water partition coefficient (Wildman–Crippen LogP) is 4.93. The number of likely N-dealkylation sites (N-methyl/N-ethyl adjacent to an activating group) is 1. The van der Waals surface area contributed by atoms with E-state index in [2.05, 4.69) is 11.8 Å². The van der Waals surface area contributed by atoms with E-state index in [4.69, 9.17) is 18.9 Å². The van der Waals surface area contributed by atoms with Crippen LogP contribution in [0.1, 0.15) is 77.6 Å². The van der Waals surface area contributed by atoms with Gasteiger partial charge in [0.15, 0.2) is 0 Å². The van der Waals surface area contributed by atoms with Gasteiger partial charge in [-0.25, -0.2) is 0 Å². The summed E-state index contributed by atoms with van der Waals surface area (Å²) < 4.78 is 22.0. The molecule has 0 aromatic carbocycles. The van der Waals surface area contributed by atoms with Gasteiger partial charge in [-0.05, 0) is 20.5 Å². The first-order valence-corrected chi connectivity index (χ1v) is 11.7. The smallest absolute Gasteiger partial charge is 0.0701 e. The highest BCUT2D eigenvalue weighted by Gasteiger charge is 1.95. The summed E-state index contributed by atoms with van der Waals surface area (Å²) in [6.45, 7) is 8.70. The minimum absolute atomic E-state index is 0.621. The zero-order chi connectivity index (χ0) is 20.5. The summed E-state index contributed by atoms with van der Waals surface area (Å²) in [5, 5.41) is 0. The van der Waals surface area contributed by atoms with Crippen LogP contribution in [0.15, 0.2) is 0 Å². The molecule has 0 aliphatic rings. The van der Waals surface area contributed by atoms with Crippen LogP contribution in [-0.2, 0) is 18.9 Å². The van der Waals surface area contributed by atoms with Crippen LogP contribution in [-0.4, -0.2) is 78.4 Å². The number of hydrogen-bond donors (Lipinski definition) is 0. The molecular weight excluding hydrogens is 354 g/mol. The van der Waals surface area contributed by atoms with Crippen molar-refractivity contribution in [2.45, 2.75) is 77.6 Å². The molecule has 0 N–H and O–H groups in total. The van der Waals surface area contributed by atoms with Gasteiger partial charge in [0.05, 0.1) is 46.2 Å². The lowest BCUT2D eigenvalue weighted by molar-refractivity contribution is -0.00325. The second-order valence-electron chi connectivity index (χ2n) is 7.79. The van der Waals surface area contributed by atoms with Crippen molar-refractivity contribution in [3.63, 3.8) is 0 Å². The van der Waals surface area contributed by atoms with Gasteiger partial charge in [-0.1, -0.05) is 71.1 Å². The molecule has 0 spiro atoms. The van der Waals surface area contributed by atoms with Gasteiger partial charge in [-0.2, -0.15) is 0 Å². The fourth-order valence-corrected chi connectivity index (χ4v) is 2.88. The number of hydrogen-bond acceptors (Lipinski definition) is 5. The summed E-state index contributed by atoms with van der Waals surface area (Å²) in [5.74, 6) is 0. The Balaban J connectivity index is 2.98. The molecule has 0 bridgehead atoms. The Bertz CT molecular complexity index is 277. The number of ether oxygens (including phenoxy) is 4. The third-order valence-electron chi connectivity index (χ3n) is 4.69. The van der Waals surface area contributed by atoms with Crippen LogP contribution in [0.25, 0.3) is 0 Å². The number of unbranched alkanes of at least 4 members (excludes halogenated alkanes) is 10. The van der Waals surface area contributed by atoms with Crippen molar-refractivity contribution in [1.29, 1.82) is 0 Å².